The fraction of sp³-hybridized carbons (Fsp3) is 0.533. The summed E-state index contributed by atoms with van der Waals surface area (Å²) in [5.74, 6) is 0.128. The van der Waals surface area contributed by atoms with Crippen LogP contribution >= 0.6 is 0 Å². The Labute approximate surface area is 111 Å². The quantitative estimate of drug-likeness (QED) is 0.420. The topological polar surface area (TPSA) is 53.1 Å². The van der Waals surface area contributed by atoms with Crippen molar-refractivity contribution < 1.29 is 0 Å². The first kappa shape index (κ1) is 14.6. The van der Waals surface area contributed by atoms with E-state index in [1.165, 1.54) is 37.8 Å². The molecule has 1 aromatic carbocycles. The predicted molar refractivity (Wildman–Crippen MR) is 79.5 cm³/mol. The summed E-state index contributed by atoms with van der Waals surface area (Å²) in [7, 11) is 2.11. The van der Waals surface area contributed by atoms with Gasteiger partial charge in [0.25, 0.3) is 0 Å². The van der Waals surface area contributed by atoms with Crippen LogP contribution in [0.2, 0.25) is 0 Å². The number of nitrogen functional groups attached to an aromatic ring is 1. The number of benzene rings is 1. The Kier molecular flexibility index (Phi) is 6.26. The lowest BCUT2D eigenvalue weighted by atomic mass is 10.1. The fourth-order valence-electron chi connectivity index (χ4n) is 1.98. The summed E-state index contributed by atoms with van der Waals surface area (Å²) in [4.78, 5) is 2.26. The van der Waals surface area contributed by atoms with Crippen molar-refractivity contribution in [2.24, 2.45) is 5.73 Å². The summed E-state index contributed by atoms with van der Waals surface area (Å²) in [6.07, 6.45) is 6.53. The molecule has 1 rings (SSSR count). The molecule has 0 saturated carbocycles. The molecule has 3 heteroatoms. The maximum atomic E-state index is 7.35. The number of nitrogens with one attached hydrogen (secondary N) is 1. The summed E-state index contributed by atoms with van der Waals surface area (Å²) in [5.41, 5.74) is 7.41. The van der Waals surface area contributed by atoms with E-state index in [1.807, 2.05) is 24.3 Å². The number of hydrogen-bond donors (Lipinski definition) is 2. The molecule has 0 bridgehead atoms. The molecule has 0 aliphatic carbocycles. The van der Waals surface area contributed by atoms with Gasteiger partial charge in [0.05, 0.1) is 0 Å². The fourth-order valence-corrected chi connectivity index (χ4v) is 1.98. The van der Waals surface area contributed by atoms with Crippen LogP contribution in [-0.4, -0.2) is 19.4 Å². The lowest BCUT2D eigenvalue weighted by Crippen LogP contribution is -2.18. The van der Waals surface area contributed by atoms with E-state index in [1.54, 1.807) is 0 Å². The van der Waals surface area contributed by atoms with Crippen LogP contribution in [0.5, 0.6) is 0 Å². The number of anilines is 1. The van der Waals surface area contributed by atoms with Gasteiger partial charge in [-0.05, 0) is 30.7 Å². The minimum Gasteiger partial charge on any atom is -0.384 e. The zero-order chi connectivity index (χ0) is 13.4. The van der Waals surface area contributed by atoms with Crippen molar-refractivity contribution in [2.75, 3.05) is 18.5 Å². The van der Waals surface area contributed by atoms with Crippen LogP contribution in [-0.2, 0) is 0 Å². The van der Waals surface area contributed by atoms with Gasteiger partial charge in [-0.2, -0.15) is 0 Å². The Morgan fingerprint density at radius 2 is 1.72 bits per heavy atom. The smallest absolute Gasteiger partial charge is 0.122 e. The van der Waals surface area contributed by atoms with E-state index in [2.05, 4.69) is 18.9 Å². The van der Waals surface area contributed by atoms with Crippen LogP contribution in [0, 0.1) is 5.41 Å². The van der Waals surface area contributed by atoms with Crippen LogP contribution in [0.15, 0.2) is 24.3 Å². The van der Waals surface area contributed by atoms with E-state index < -0.39 is 0 Å². The Morgan fingerprint density at radius 1 is 1.11 bits per heavy atom. The summed E-state index contributed by atoms with van der Waals surface area (Å²) in [6, 6.07) is 7.88. The molecule has 1 aromatic rings. The summed E-state index contributed by atoms with van der Waals surface area (Å²) < 4.78 is 0. The average Bonchev–Trinajstić information content (AvgIpc) is 2.38. The largest absolute Gasteiger partial charge is 0.384 e. The summed E-state index contributed by atoms with van der Waals surface area (Å²) in [6.45, 7) is 3.33. The summed E-state index contributed by atoms with van der Waals surface area (Å²) >= 11 is 0. The van der Waals surface area contributed by atoms with Crippen molar-refractivity contribution in [2.45, 2.75) is 39.0 Å². The van der Waals surface area contributed by atoms with Crippen LogP contribution in [0.1, 0.15) is 44.6 Å². The van der Waals surface area contributed by atoms with E-state index >= 15 is 0 Å². The van der Waals surface area contributed by atoms with Crippen LogP contribution in [0.3, 0.4) is 0 Å². The van der Waals surface area contributed by atoms with Crippen LogP contribution in [0.25, 0.3) is 0 Å². The molecule has 0 heterocycles. The maximum absolute atomic E-state index is 7.35. The molecule has 0 aromatic heterocycles. The van der Waals surface area contributed by atoms with Crippen molar-refractivity contribution in [3.05, 3.63) is 29.8 Å². The molecule has 0 spiro atoms. The monoisotopic (exact) mass is 247 g/mol. The number of rotatable bonds is 8. The maximum Gasteiger partial charge on any atom is 0.122 e. The molecule has 0 amide bonds. The molecule has 100 valence electrons. The highest BCUT2D eigenvalue weighted by Gasteiger charge is 2.01. The normalized spacial score (nSPS) is 10.3. The van der Waals surface area contributed by atoms with Crippen molar-refractivity contribution in [3.63, 3.8) is 0 Å². The van der Waals surface area contributed by atoms with E-state index in [4.69, 9.17) is 11.1 Å². The first-order chi connectivity index (χ1) is 8.65. The molecule has 0 aliphatic rings. The van der Waals surface area contributed by atoms with Crippen molar-refractivity contribution in [3.8, 4) is 0 Å². The lowest BCUT2D eigenvalue weighted by Gasteiger charge is -2.19. The second-order valence-electron chi connectivity index (χ2n) is 4.80. The third-order valence-electron chi connectivity index (χ3n) is 3.22. The van der Waals surface area contributed by atoms with Crippen molar-refractivity contribution in [1.29, 1.82) is 5.41 Å². The number of nitrogens with two attached hydrogens (primary N) is 1. The number of nitrogens with zero attached hydrogens (tertiary/aromatic N) is 1. The number of unbranched alkanes of at least 4 members (excludes halogenated alkanes) is 4. The highest BCUT2D eigenvalue weighted by Crippen LogP contribution is 2.14. The van der Waals surface area contributed by atoms with E-state index in [0.29, 0.717) is 0 Å². The molecule has 0 aliphatic heterocycles. The molecule has 0 radical (unpaired) electrons. The second-order valence-corrected chi connectivity index (χ2v) is 4.80. The molecule has 0 atom stereocenters. The first-order valence-corrected chi connectivity index (χ1v) is 6.80. The molecular formula is C15H25N3. The first-order valence-electron chi connectivity index (χ1n) is 6.80. The summed E-state index contributed by atoms with van der Waals surface area (Å²) in [5, 5.41) is 7.35. The number of amidine groups is 1. The van der Waals surface area contributed by atoms with E-state index in [-0.39, 0.29) is 5.84 Å². The van der Waals surface area contributed by atoms with Crippen LogP contribution in [0.4, 0.5) is 5.69 Å². The van der Waals surface area contributed by atoms with Gasteiger partial charge in [-0.25, -0.2) is 0 Å². The highest BCUT2D eigenvalue weighted by molar-refractivity contribution is 5.95. The molecule has 18 heavy (non-hydrogen) atoms. The standard InChI is InChI=1S/C15H25N3/c1-3-4-5-6-7-12-18(2)14-10-8-13(9-11-14)15(16)17/h8-11H,3-7,12H2,1-2H3,(H3,16,17). The molecule has 3 nitrogen and oxygen atoms in total. The van der Waals surface area contributed by atoms with Gasteiger partial charge in [-0.3, -0.25) is 5.41 Å². The van der Waals surface area contributed by atoms with Gasteiger partial charge in [-0.15, -0.1) is 0 Å². The van der Waals surface area contributed by atoms with Crippen molar-refractivity contribution >= 4 is 11.5 Å². The Morgan fingerprint density at radius 3 is 2.28 bits per heavy atom. The Bertz CT molecular complexity index is 357. The van der Waals surface area contributed by atoms with Gasteiger partial charge < -0.3 is 10.6 Å². The SMILES string of the molecule is CCCCCCCN(C)c1ccc(C(=N)N)cc1. The van der Waals surface area contributed by atoms with Gasteiger partial charge in [0.2, 0.25) is 0 Å². The minimum atomic E-state index is 0.128. The third-order valence-corrected chi connectivity index (χ3v) is 3.22. The molecule has 3 N–H and O–H groups in total. The van der Waals surface area contributed by atoms with Gasteiger partial charge in [0, 0.05) is 24.8 Å². The van der Waals surface area contributed by atoms with Gasteiger partial charge in [0.15, 0.2) is 0 Å². The highest BCUT2D eigenvalue weighted by atomic mass is 15.1. The molecule has 0 unspecified atom stereocenters. The van der Waals surface area contributed by atoms with Gasteiger partial charge in [0.1, 0.15) is 5.84 Å². The lowest BCUT2D eigenvalue weighted by molar-refractivity contribution is 0.629. The zero-order valence-electron chi connectivity index (χ0n) is 11.6. The van der Waals surface area contributed by atoms with Crippen molar-refractivity contribution in [1.82, 2.24) is 0 Å². The number of hydrogen-bond acceptors (Lipinski definition) is 2. The van der Waals surface area contributed by atoms with Crippen LogP contribution < -0.4 is 10.6 Å². The van der Waals surface area contributed by atoms with E-state index in [0.717, 1.165) is 12.1 Å². The average molecular weight is 247 g/mol. The Balaban J connectivity index is 2.37. The van der Waals surface area contributed by atoms with Gasteiger partial charge >= 0.3 is 0 Å². The third kappa shape index (κ3) is 4.78. The molecule has 0 fully saturated rings. The zero-order valence-corrected chi connectivity index (χ0v) is 11.6. The van der Waals surface area contributed by atoms with Gasteiger partial charge in [-0.1, -0.05) is 32.6 Å². The molecular weight excluding hydrogens is 222 g/mol. The van der Waals surface area contributed by atoms with E-state index in [9.17, 15) is 0 Å². The Hall–Kier alpha value is -1.51. The minimum absolute atomic E-state index is 0.128. The molecule has 0 saturated heterocycles. The predicted octanol–water partition coefficient (Wildman–Crippen LogP) is 3.38. The second kappa shape index (κ2) is 7.75.